The van der Waals surface area contributed by atoms with Gasteiger partial charge in [-0.3, -0.25) is 0 Å². The van der Waals surface area contributed by atoms with Crippen molar-refractivity contribution < 1.29 is 19.7 Å². The predicted octanol–water partition coefficient (Wildman–Crippen LogP) is 3.58. The second kappa shape index (κ2) is 9.82. The van der Waals surface area contributed by atoms with Gasteiger partial charge in [0, 0.05) is 24.2 Å². The summed E-state index contributed by atoms with van der Waals surface area (Å²) in [5.41, 5.74) is 5.90. The molecule has 7 nitrogen and oxygen atoms in total. The highest BCUT2D eigenvalue weighted by Gasteiger charge is 2.29. The van der Waals surface area contributed by atoms with Crippen LogP contribution in [0.5, 0.6) is 0 Å². The quantitative estimate of drug-likeness (QED) is 0.514. The van der Waals surface area contributed by atoms with Crippen molar-refractivity contribution in [1.82, 2.24) is 10.3 Å². The summed E-state index contributed by atoms with van der Waals surface area (Å²) < 4.78 is 5.47. The average Bonchev–Trinajstić information content (AvgIpc) is 3.16. The molecule has 0 saturated heterocycles. The van der Waals surface area contributed by atoms with Crippen molar-refractivity contribution in [3.8, 4) is 17.2 Å². The van der Waals surface area contributed by atoms with Crippen LogP contribution in [-0.4, -0.2) is 40.5 Å². The molecule has 0 saturated carbocycles. The van der Waals surface area contributed by atoms with E-state index in [2.05, 4.69) is 34.6 Å². The van der Waals surface area contributed by atoms with Crippen LogP contribution in [0.4, 0.5) is 4.79 Å². The van der Waals surface area contributed by atoms with Crippen LogP contribution in [-0.2, 0) is 4.74 Å². The smallest absolute Gasteiger partial charge is 0.407 e. The molecule has 2 atom stereocenters. The van der Waals surface area contributed by atoms with Gasteiger partial charge in [-0.1, -0.05) is 48.5 Å². The first-order valence-electron chi connectivity index (χ1n) is 10.8. The molecule has 1 heterocycles. The predicted molar refractivity (Wildman–Crippen MR) is 122 cm³/mol. The summed E-state index contributed by atoms with van der Waals surface area (Å²) in [6.45, 7) is 2.06. The number of aliphatic hydroxyl groups excluding tert-OH is 2. The van der Waals surface area contributed by atoms with Gasteiger partial charge >= 0.3 is 6.09 Å². The lowest BCUT2D eigenvalue weighted by molar-refractivity contribution is 0.0134. The molecule has 3 aromatic rings. The number of nitrogens with zero attached hydrogens (tertiary/aromatic N) is 2. The standard InChI is InChI=1S/C26H25N3O4/c1-16-12-17(14-29-23(16)13-27)25(31)24(30)10-11-28-26(32)33-15-22-20-8-4-2-6-18(20)19-7-3-5-9-21(19)22/h2-9,12,14,22,24-25,30-31H,10-11,15H2,1H3,(H,28,32). The fourth-order valence-electron chi connectivity index (χ4n) is 4.23. The molecular weight excluding hydrogens is 418 g/mol. The fraction of sp³-hybridized carbons (Fsp3) is 0.269. The van der Waals surface area contributed by atoms with Gasteiger partial charge in [-0.05, 0) is 47.2 Å². The maximum atomic E-state index is 12.2. The average molecular weight is 444 g/mol. The Bertz CT molecular complexity index is 1160. The minimum atomic E-state index is -1.17. The minimum Gasteiger partial charge on any atom is -0.449 e. The Hall–Kier alpha value is -3.73. The molecule has 2 unspecified atom stereocenters. The first kappa shape index (κ1) is 22.5. The highest BCUT2D eigenvalue weighted by atomic mass is 16.5. The Morgan fingerprint density at radius 2 is 1.79 bits per heavy atom. The molecule has 1 aromatic heterocycles. The molecule has 4 rings (SSSR count). The zero-order valence-electron chi connectivity index (χ0n) is 18.2. The van der Waals surface area contributed by atoms with E-state index in [4.69, 9.17) is 10.00 Å². The van der Waals surface area contributed by atoms with Crippen molar-refractivity contribution in [1.29, 1.82) is 5.26 Å². The Labute approximate surface area is 192 Å². The highest BCUT2D eigenvalue weighted by molar-refractivity contribution is 5.79. The number of aromatic nitrogens is 1. The molecule has 0 fully saturated rings. The van der Waals surface area contributed by atoms with Crippen molar-refractivity contribution in [3.05, 3.63) is 88.7 Å². The van der Waals surface area contributed by atoms with Crippen molar-refractivity contribution in [2.75, 3.05) is 13.2 Å². The zero-order chi connectivity index (χ0) is 23.4. The maximum absolute atomic E-state index is 12.2. The summed E-state index contributed by atoms with van der Waals surface area (Å²) in [6, 6.07) is 19.8. The number of fused-ring (bicyclic) bond motifs is 3. The van der Waals surface area contributed by atoms with E-state index in [1.807, 2.05) is 30.3 Å². The molecule has 33 heavy (non-hydrogen) atoms. The molecule has 1 amide bonds. The third-order valence-corrected chi connectivity index (χ3v) is 5.96. The number of amides is 1. The van der Waals surface area contributed by atoms with Crippen molar-refractivity contribution in [2.45, 2.75) is 31.5 Å². The number of aryl methyl sites for hydroxylation is 1. The first-order chi connectivity index (χ1) is 16.0. The lowest BCUT2D eigenvalue weighted by atomic mass is 9.98. The van der Waals surface area contributed by atoms with Crippen LogP contribution in [0.2, 0.25) is 0 Å². The number of carbonyl (C=O) groups is 1. The van der Waals surface area contributed by atoms with E-state index >= 15 is 0 Å². The van der Waals surface area contributed by atoms with Gasteiger partial charge in [0.2, 0.25) is 0 Å². The molecule has 1 aliphatic rings. The van der Waals surface area contributed by atoms with E-state index in [1.54, 1.807) is 13.0 Å². The van der Waals surface area contributed by atoms with Crippen LogP contribution in [0.1, 0.15) is 46.4 Å². The SMILES string of the molecule is Cc1cc(C(O)C(O)CCNC(=O)OCC2c3ccccc3-c3ccccc32)cnc1C#N. The van der Waals surface area contributed by atoms with Crippen LogP contribution in [0.3, 0.4) is 0 Å². The van der Waals surface area contributed by atoms with Crippen molar-refractivity contribution >= 4 is 6.09 Å². The zero-order valence-corrected chi connectivity index (χ0v) is 18.2. The van der Waals surface area contributed by atoms with Gasteiger partial charge in [-0.2, -0.15) is 5.26 Å². The van der Waals surface area contributed by atoms with Crippen LogP contribution in [0, 0.1) is 18.3 Å². The lowest BCUT2D eigenvalue weighted by Crippen LogP contribution is -2.30. The second-order valence-electron chi connectivity index (χ2n) is 8.10. The molecule has 0 aliphatic heterocycles. The summed E-state index contributed by atoms with van der Waals surface area (Å²) >= 11 is 0. The number of pyridine rings is 1. The van der Waals surface area contributed by atoms with Crippen LogP contribution in [0.25, 0.3) is 11.1 Å². The van der Waals surface area contributed by atoms with E-state index in [0.29, 0.717) is 11.1 Å². The molecule has 2 aromatic carbocycles. The Balaban J connectivity index is 1.28. The summed E-state index contributed by atoms with van der Waals surface area (Å²) in [5.74, 6) is -0.0253. The highest BCUT2D eigenvalue weighted by Crippen LogP contribution is 2.44. The van der Waals surface area contributed by atoms with Crippen LogP contribution >= 0.6 is 0 Å². The summed E-state index contributed by atoms with van der Waals surface area (Å²) in [5, 5.41) is 32.2. The molecule has 0 spiro atoms. The monoisotopic (exact) mass is 443 g/mol. The molecule has 0 radical (unpaired) electrons. The van der Waals surface area contributed by atoms with Gasteiger partial charge in [0.05, 0.1) is 6.10 Å². The number of aliphatic hydroxyl groups is 2. The van der Waals surface area contributed by atoms with Gasteiger partial charge in [0.1, 0.15) is 24.5 Å². The number of ether oxygens (including phenoxy) is 1. The van der Waals surface area contributed by atoms with Crippen LogP contribution in [0.15, 0.2) is 60.8 Å². The topological polar surface area (TPSA) is 115 Å². The van der Waals surface area contributed by atoms with E-state index in [0.717, 1.165) is 22.3 Å². The molecule has 0 bridgehead atoms. The van der Waals surface area contributed by atoms with Crippen LogP contribution < -0.4 is 5.32 Å². The third-order valence-electron chi connectivity index (χ3n) is 5.96. The molecule has 3 N–H and O–H groups in total. The normalized spacial score (nSPS) is 14.0. The molecule has 168 valence electrons. The lowest BCUT2D eigenvalue weighted by Gasteiger charge is -2.19. The van der Waals surface area contributed by atoms with Gasteiger partial charge < -0.3 is 20.3 Å². The largest absolute Gasteiger partial charge is 0.449 e. The molecule has 7 heteroatoms. The second-order valence-corrected chi connectivity index (χ2v) is 8.10. The van der Waals surface area contributed by atoms with Gasteiger partial charge in [-0.25, -0.2) is 9.78 Å². The summed E-state index contributed by atoms with van der Waals surface area (Å²) in [6.07, 6.45) is -1.35. The number of rotatable bonds is 7. The van der Waals surface area contributed by atoms with Gasteiger partial charge in [0.25, 0.3) is 0 Å². The third kappa shape index (κ3) is 4.72. The van der Waals surface area contributed by atoms with E-state index in [9.17, 15) is 15.0 Å². The van der Waals surface area contributed by atoms with Gasteiger partial charge in [0.15, 0.2) is 0 Å². The molecular formula is C26H25N3O4. The van der Waals surface area contributed by atoms with E-state index in [-0.39, 0.29) is 31.2 Å². The fourth-order valence-corrected chi connectivity index (χ4v) is 4.23. The number of nitrogens with one attached hydrogen (secondary N) is 1. The van der Waals surface area contributed by atoms with E-state index < -0.39 is 18.3 Å². The van der Waals surface area contributed by atoms with Gasteiger partial charge in [-0.15, -0.1) is 0 Å². The minimum absolute atomic E-state index is 0.0253. The Kier molecular flexibility index (Phi) is 6.68. The number of hydrogen-bond donors (Lipinski definition) is 3. The van der Waals surface area contributed by atoms with Crippen molar-refractivity contribution in [2.24, 2.45) is 0 Å². The number of alkyl carbamates (subject to hydrolysis) is 1. The maximum Gasteiger partial charge on any atom is 0.407 e. The molecule has 1 aliphatic carbocycles. The number of nitriles is 1. The first-order valence-corrected chi connectivity index (χ1v) is 10.8. The van der Waals surface area contributed by atoms with Crippen molar-refractivity contribution in [3.63, 3.8) is 0 Å². The summed E-state index contributed by atoms with van der Waals surface area (Å²) in [7, 11) is 0. The summed E-state index contributed by atoms with van der Waals surface area (Å²) in [4.78, 5) is 16.2. The Morgan fingerprint density at radius 3 is 2.39 bits per heavy atom. The number of carbonyl (C=O) groups excluding carboxylic acids is 1. The number of hydrogen-bond acceptors (Lipinski definition) is 6. The van der Waals surface area contributed by atoms with E-state index in [1.165, 1.54) is 6.20 Å². The number of benzene rings is 2. The Morgan fingerprint density at radius 1 is 1.15 bits per heavy atom.